The minimum atomic E-state index is -0.268. The lowest BCUT2D eigenvalue weighted by molar-refractivity contribution is 0.0609. The van der Waals surface area contributed by atoms with Crippen molar-refractivity contribution in [1.82, 2.24) is 20.1 Å². The van der Waals surface area contributed by atoms with Gasteiger partial charge in [0.25, 0.3) is 11.5 Å². The third-order valence-corrected chi connectivity index (χ3v) is 4.85. The van der Waals surface area contributed by atoms with Crippen LogP contribution in [0.2, 0.25) is 0 Å². The topological polar surface area (TPSA) is 81.8 Å². The summed E-state index contributed by atoms with van der Waals surface area (Å²) in [6, 6.07) is 3.58. The Hall–Kier alpha value is -2.37. The molecular weight excluding hydrogens is 292 g/mol. The quantitative estimate of drug-likeness (QED) is 0.912. The maximum absolute atomic E-state index is 12.9. The van der Waals surface area contributed by atoms with Gasteiger partial charge in [0.2, 0.25) is 0 Å². The van der Waals surface area contributed by atoms with Crippen molar-refractivity contribution < 1.29 is 4.79 Å². The SMILES string of the molecule is O=C(c1ccc(C2CC2)[nH]c1=O)N1CCCCC1c1cn[nH]c1. The molecule has 1 atom stereocenters. The first-order valence-corrected chi connectivity index (χ1v) is 8.27. The first kappa shape index (κ1) is 14.2. The predicted octanol–water partition coefficient (Wildman–Crippen LogP) is 2.34. The molecule has 4 rings (SSSR count). The number of aromatic amines is 2. The van der Waals surface area contributed by atoms with Crippen LogP contribution in [0, 0.1) is 0 Å². The third-order valence-electron chi connectivity index (χ3n) is 4.85. The van der Waals surface area contributed by atoms with Crippen LogP contribution >= 0.6 is 0 Å². The lowest BCUT2D eigenvalue weighted by Crippen LogP contribution is -2.40. The molecule has 2 aromatic heterocycles. The summed E-state index contributed by atoms with van der Waals surface area (Å²) in [6.07, 6.45) is 8.79. The number of piperidine rings is 1. The molecule has 1 aliphatic carbocycles. The molecule has 1 amide bonds. The van der Waals surface area contributed by atoms with Gasteiger partial charge in [0.1, 0.15) is 5.56 Å². The summed E-state index contributed by atoms with van der Waals surface area (Å²) in [5.74, 6) is 0.292. The fourth-order valence-electron chi connectivity index (χ4n) is 3.41. The van der Waals surface area contributed by atoms with Crippen LogP contribution in [0.25, 0.3) is 0 Å². The van der Waals surface area contributed by atoms with Crippen molar-refractivity contribution in [3.05, 3.63) is 51.7 Å². The van der Waals surface area contributed by atoms with Crippen LogP contribution in [0.15, 0.2) is 29.3 Å². The molecule has 1 aliphatic heterocycles. The van der Waals surface area contributed by atoms with Crippen molar-refractivity contribution >= 4 is 5.91 Å². The highest BCUT2D eigenvalue weighted by molar-refractivity contribution is 5.94. The van der Waals surface area contributed by atoms with Crippen molar-refractivity contribution in [1.29, 1.82) is 0 Å². The second-order valence-electron chi connectivity index (χ2n) is 6.47. The van der Waals surface area contributed by atoms with Gasteiger partial charge in [-0.1, -0.05) is 0 Å². The minimum Gasteiger partial charge on any atom is -0.331 e. The molecule has 3 heterocycles. The molecule has 1 saturated carbocycles. The van der Waals surface area contributed by atoms with Crippen LogP contribution in [-0.2, 0) is 0 Å². The molecule has 6 heteroatoms. The third kappa shape index (κ3) is 2.69. The number of aromatic nitrogens is 3. The van der Waals surface area contributed by atoms with Crippen LogP contribution in [0.3, 0.4) is 0 Å². The van der Waals surface area contributed by atoms with E-state index in [4.69, 9.17) is 0 Å². The monoisotopic (exact) mass is 312 g/mol. The number of rotatable bonds is 3. The van der Waals surface area contributed by atoms with Gasteiger partial charge in [-0.2, -0.15) is 5.10 Å². The zero-order valence-electron chi connectivity index (χ0n) is 12.9. The Bertz CT molecular complexity index is 761. The maximum Gasteiger partial charge on any atom is 0.261 e. The Morgan fingerprint density at radius 1 is 1.22 bits per heavy atom. The molecule has 0 radical (unpaired) electrons. The van der Waals surface area contributed by atoms with Gasteiger partial charge in [-0.15, -0.1) is 0 Å². The summed E-state index contributed by atoms with van der Waals surface area (Å²) in [7, 11) is 0. The first-order chi connectivity index (χ1) is 11.2. The molecule has 2 aliphatic rings. The summed E-state index contributed by atoms with van der Waals surface area (Å²) in [5.41, 5.74) is 1.93. The number of nitrogens with one attached hydrogen (secondary N) is 2. The van der Waals surface area contributed by atoms with E-state index in [0.29, 0.717) is 12.5 Å². The summed E-state index contributed by atoms with van der Waals surface area (Å²) in [6.45, 7) is 0.679. The van der Waals surface area contributed by atoms with E-state index >= 15 is 0 Å². The molecule has 120 valence electrons. The Balaban J connectivity index is 1.63. The Morgan fingerprint density at radius 3 is 2.78 bits per heavy atom. The number of likely N-dealkylation sites (tertiary alicyclic amines) is 1. The number of hydrogen-bond donors (Lipinski definition) is 2. The first-order valence-electron chi connectivity index (χ1n) is 8.27. The van der Waals surface area contributed by atoms with Crippen LogP contribution in [0.4, 0.5) is 0 Å². The molecule has 0 aromatic carbocycles. The van der Waals surface area contributed by atoms with Gasteiger partial charge in [-0.05, 0) is 50.2 Å². The molecule has 0 bridgehead atoms. The van der Waals surface area contributed by atoms with Crippen LogP contribution < -0.4 is 5.56 Å². The molecule has 1 saturated heterocycles. The van der Waals surface area contributed by atoms with Crippen molar-refractivity contribution in [3.8, 4) is 0 Å². The molecule has 2 aromatic rings. The maximum atomic E-state index is 12.9. The van der Waals surface area contributed by atoms with E-state index in [0.717, 1.165) is 43.4 Å². The minimum absolute atomic E-state index is 0.00231. The number of H-pyrrole nitrogens is 2. The van der Waals surface area contributed by atoms with E-state index < -0.39 is 0 Å². The van der Waals surface area contributed by atoms with Crippen molar-refractivity contribution in [2.24, 2.45) is 0 Å². The van der Waals surface area contributed by atoms with Gasteiger partial charge < -0.3 is 9.88 Å². The van der Waals surface area contributed by atoms with E-state index in [-0.39, 0.29) is 23.1 Å². The standard InChI is InChI=1S/C17H20N4O2/c22-16-13(6-7-14(20-16)11-4-5-11)17(23)21-8-2-1-3-15(21)12-9-18-19-10-12/h6-7,9-11,15H,1-5,8H2,(H,18,19)(H,20,22). The zero-order chi connectivity index (χ0) is 15.8. The van der Waals surface area contributed by atoms with E-state index in [1.54, 1.807) is 12.3 Å². The number of pyridine rings is 1. The predicted molar refractivity (Wildman–Crippen MR) is 85.3 cm³/mol. The second kappa shape index (κ2) is 5.68. The Labute approximate surface area is 133 Å². The van der Waals surface area contributed by atoms with E-state index in [2.05, 4.69) is 15.2 Å². The summed E-state index contributed by atoms with van der Waals surface area (Å²) < 4.78 is 0. The molecule has 6 nitrogen and oxygen atoms in total. The fourth-order valence-corrected chi connectivity index (χ4v) is 3.41. The molecule has 1 unspecified atom stereocenters. The highest BCUT2D eigenvalue weighted by Gasteiger charge is 2.31. The number of carbonyl (C=O) groups is 1. The van der Waals surface area contributed by atoms with Crippen LogP contribution in [0.1, 0.15) is 65.7 Å². The molecule has 0 spiro atoms. The van der Waals surface area contributed by atoms with Gasteiger partial charge in [0.05, 0.1) is 12.2 Å². The van der Waals surface area contributed by atoms with Crippen molar-refractivity contribution in [2.45, 2.75) is 44.1 Å². The van der Waals surface area contributed by atoms with Crippen molar-refractivity contribution in [2.75, 3.05) is 6.54 Å². The normalized spacial score (nSPS) is 21.4. The van der Waals surface area contributed by atoms with Gasteiger partial charge in [0.15, 0.2) is 0 Å². The average Bonchev–Trinajstić information content (AvgIpc) is 3.29. The lowest BCUT2D eigenvalue weighted by Gasteiger charge is -2.35. The van der Waals surface area contributed by atoms with E-state index in [1.165, 1.54) is 0 Å². The number of amides is 1. The summed E-state index contributed by atoms with van der Waals surface area (Å²) in [4.78, 5) is 29.9. The fraction of sp³-hybridized carbons (Fsp3) is 0.471. The van der Waals surface area contributed by atoms with Gasteiger partial charge in [-0.25, -0.2) is 0 Å². The molecule has 2 fully saturated rings. The van der Waals surface area contributed by atoms with Crippen LogP contribution in [-0.4, -0.2) is 32.5 Å². The number of hydrogen-bond acceptors (Lipinski definition) is 3. The lowest BCUT2D eigenvalue weighted by atomic mass is 9.96. The van der Waals surface area contributed by atoms with E-state index in [9.17, 15) is 9.59 Å². The van der Waals surface area contributed by atoms with Gasteiger partial charge >= 0.3 is 0 Å². The number of nitrogens with zero attached hydrogens (tertiary/aromatic N) is 2. The highest BCUT2D eigenvalue weighted by atomic mass is 16.2. The zero-order valence-corrected chi connectivity index (χ0v) is 12.9. The molecule has 2 N–H and O–H groups in total. The summed E-state index contributed by atoms with van der Waals surface area (Å²) in [5, 5.41) is 6.80. The van der Waals surface area contributed by atoms with Gasteiger partial charge in [-0.3, -0.25) is 14.7 Å². The summed E-state index contributed by atoms with van der Waals surface area (Å²) >= 11 is 0. The van der Waals surface area contributed by atoms with Crippen molar-refractivity contribution in [3.63, 3.8) is 0 Å². The number of carbonyl (C=O) groups excluding carboxylic acids is 1. The molecule has 23 heavy (non-hydrogen) atoms. The van der Waals surface area contributed by atoms with Crippen LogP contribution in [0.5, 0.6) is 0 Å². The Morgan fingerprint density at radius 2 is 2.09 bits per heavy atom. The highest BCUT2D eigenvalue weighted by Crippen LogP contribution is 2.38. The average molecular weight is 312 g/mol. The molecular formula is C17H20N4O2. The van der Waals surface area contributed by atoms with E-state index in [1.807, 2.05) is 17.2 Å². The smallest absolute Gasteiger partial charge is 0.261 e. The largest absolute Gasteiger partial charge is 0.331 e. The Kier molecular flexibility index (Phi) is 3.52. The second-order valence-corrected chi connectivity index (χ2v) is 6.47. The van der Waals surface area contributed by atoms with Gasteiger partial charge in [0, 0.05) is 24.0 Å².